The summed E-state index contributed by atoms with van der Waals surface area (Å²) in [5, 5.41) is 7.35. The molecule has 5 heterocycles. The lowest BCUT2D eigenvalue weighted by Crippen LogP contribution is -2.37. The quantitative estimate of drug-likeness (QED) is 0.198. The van der Waals surface area contributed by atoms with Gasteiger partial charge in [0.2, 0.25) is 5.95 Å². The van der Waals surface area contributed by atoms with Crippen molar-refractivity contribution in [1.29, 1.82) is 0 Å². The molecule has 0 unspecified atom stereocenters. The average molecular weight is 669 g/mol. The molecule has 2 aliphatic heterocycles. The van der Waals surface area contributed by atoms with Gasteiger partial charge in [0.25, 0.3) is 0 Å². The maximum atomic E-state index is 14.8. The van der Waals surface area contributed by atoms with E-state index in [0.717, 1.165) is 32.4 Å². The van der Waals surface area contributed by atoms with E-state index >= 15 is 0 Å². The zero-order valence-electron chi connectivity index (χ0n) is 26.4. The molecule has 2 N–H and O–H groups in total. The molecule has 3 aromatic heterocycles. The zero-order valence-corrected chi connectivity index (χ0v) is 26.4. The molecule has 15 heteroatoms. The van der Waals surface area contributed by atoms with Crippen molar-refractivity contribution in [1.82, 2.24) is 19.8 Å². The zero-order chi connectivity index (χ0) is 33.6. The van der Waals surface area contributed by atoms with Crippen LogP contribution in [-0.2, 0) is 9.47 Å². The second-order valence-corrected chi connectivity index (χ2v) is 11.4. The number of aliphatic imine (C=N–C) groups is 2. The number of amides is 2. The van der Waals surface area contributed by atoms with Gasteiger partial charge in [-0.1, -0.05) is 0 Å². The maximum absolute atomic E-state index is 14.8. The number of hydrogen-bond acceptors (Lipinski definition) is 12. The highest BCUT2D eigenvalue weighted by molar-refractivity contribution is 6.01. The Morgan fingerprint density at radius 2 is 1.27 bits per heavy atom. The van der Waals surface area contributed by atoms with E-state index in [4.69, 9.17) is 18.3 Å². The number of rotatable bonds is 10. The second kappa shape index (κ2) is 14.8. The monoisotopic (exact) mass is 668 g/mol. The fourth-order valence-corrected chi connectivity index (χ4v) is 5.41. The Bertz CT molecular complexity index is 2030. The lowest BCUT2D eigenvalue weighted by Gasteiger charge is -2.24. The number of fused-ring (bicyclic) bond motifs is 2. The summed E-state index contributed by atoms with van der Waals surface area (Å²) in [7, 11) is 0. The number of nitrogens with one attached hydrogen (secondary N) is 2. The van der Waals surface area contributed by atoms with E-state index in [1.54, 1.807) is 61.0 Å². The predicted molar refractivity (Wildman–Crippen MR) is 181 cm³/mol. The van der Waals surface area contributed by atoms with Crippen LogP contribution in [0.3, 0.4) is 0 Å². The van der Waals surface area contributed by atoms with Crippen molar-refractivity contribution < 1.29 is 32.3 Å². The van der Waals surface area contributed by atoms with Crippen LogP contribution in [-0.4, -0.2) is 110 Å². The minimum absolute atomic E-state index is 0.0587. The molecule has 14 nitrogen and oxygen atoms in total. The van der Waals surface area contributed by atoms with Gasteiger partial charge >= 0.3 is 11.8 Å². The lowest BCUT2D eigenvalue weighted by atomic mass is 10.2. The molecule has 0 aliphatic carbocycles. The minimum atomic E-state index is -0.661. The van der Waals surface area contributed by atoms with E-state index < -0.39 is 17.6 Å². The average Bonchev–Trinajstić information content (AvgIpc) is 3.75. The normalized spacial score (nSPS) is 16.3. The van der Waals surface area contributed by atoms with Crippen LogP contribution in [0.25, 0.3) is 21.9 Å². The van der Waals surface area contributed by atoms with Crippen LogP contribution in [0.15, 0.2) is 73.5 Å². The molecule has 5 aromatic rings. The minimum Gasteiger partial charge on any atom is -0.451 e. The Kier molecular flexibility index (Phi) is 9.74. The number of hydrogen-bond donors (Lipinski definition) is 2. The number of anilines is 4. The third kappa shape index (κ3) is 8.04. The first kappa shape index (κ1) is 32.2. The molecule has 49 heavy (non-hydrogen) atoms. The smallest absolute Gasteiger partial charge is 0.312 e. The van der Waals surface area contributed by atoms with Crippen molar-refractivity contribution in [2.75, 3.05) is 76.3 Å². The summed E-state index contributed by atoms with van der Waals surface area (Å²) >= 11 is 0. The number of furan rings is 2. The van der Waals surface area contributed by atoms with Gasteiger partial charge in [-0.2, -0.15) is 4.98 Å². The van der Waals surface area contributed by atoms with Crippen LogP contribution in [0, 0.1) is 5.82 Å². The number of halogens is 1. The summed E-state index contributed by atoms with van der Waals surface area (Å²) < 4.78 is 36.9. The standard InChI is InChI=1S/C34H33FN8O6/c35-26-21-38-34(40-25-2-4-28-23(18-25)20-30(49-28)33(45)37-6-8-43-11-15-47-16-12-43)41-31(26)39-24-1-3-27-22(17-24)19-29(48-27)32(44)36-5-7-42-9-13-46-14-10-42/h1-6,17-21H,7-16H2,(H2,38,39,40,41). The topological polar surface area (TPSA) is 160 Å². The van der Waals surface area contributed by atoms with Gasteiger partial charge in [0, 0.05) is 73.8 Å². The lowest BCUT2D eigenvalue weighted by molar-refractivity contribution is 0.0456. The Labute approximate surface area is 279 Å². The highest BCUT2D eigenvalue weighted by Crippen LogP contribution is 2.28. The molecule has 0 saturated carbocycles. The molecule has 0 spiro atoms. The molecule has 2 aliphatic rings. The Morgan fingerprint density at radius 1 is 0.755 bits per heavy atom. The SMILES string of the molecule is O=C(N=CCN1CCOCC1)c1cc2cc(Nc3ncc(F)c(Nc4ccc5oc(C(=O)N=CCN6CCOCC6)cc5c4)n3)ccc2o1. The van der Waals surface area contributed by atoms with E-state index in [0.29, 0.717) is 72.8 Å². The van der Waals surface area contributed by atoms with Crippen LogP contribution in [0.1, 0.15) is 21.1 Å². The van der Waals surface area contributed by atoms with E-state index in [9.17, 15) is 14.0 Å². The van der Waals surface area contributed by atoms with Gasteiger partial charge in [-0.05, 0) is 48.5 Å². The fourth-order valence-electron chi connectivity index (χ4n) is 5.41. The number of benzene rings is 2. The first-order chi connectivity index (χ1) is 24.0. The molecule has 2 saturated heterocycles. The summed E-state index contributed by atoms with van der Waals surface area (Å²) in [6.07, 6.45) is 4.22. The van der Waals surface area contributed by atoms with E-state index in [1.165, 1.54) is 0 Å². The summed E-state index contributed by atoms with van der Waals surface area (Å²) in [6, 6.07) is 13.5. The summed E-state index contributed by atoms with van der Waals surface area (Å²) in [6.45, 7) is 6.97. The van der Waals surface area contributed by atoms with Crippen LogP contribution in [0.2, 0.25) is 0 Å². The number of carbonyl (C=O) groups excluding carboxylic acids is 2. The maximum Gasteiger partial charge on any atom is 0.312 e. The fraction of sp³-hybridized carbons (Fsp3) is 0.294. The van der Waals surface area contributed by atoms with Crippen LogP contribution in [0.5, 0.6) is 0 Å². The van der Waals surface area contributed by atoms with Gasteiger partial charge in [0.05, 0.1) is 32.6 Å². The highest BCUT2D eigenvalue weighted by Gasteiger charge is 2.16. The number of ether oxygens (including phenoxy) is 2. The number of nitrogens with zero attached hydrogens (tertiary/aromatic N) is 6. The van der Waals surface area contributed by atoms with E-state index in [-0.39, 0.29) is 23.3 Å². The largest absolute Gasteiger partial charge is 0.451 e. The Balaban J connectivity index is 0.988. The third-order valence-electron chi connectivity index (χ3n) is 8.02. The Hall–Kier alpha value is -5.35. The van der Waals surface area contributed by atoms with Crippen molar-refractivity contribution in [2.45, 2.75) is 0 Å². The van der Waals surface area contributed by atoms with Crippen molar-refractivity contribution in [2.24, 2.45) is 9.98 Å². The van der Waals surface area contributed by atoms with E-state index in [2.05, 4.69) is 40.4 Å². The van der Waals surface area contributed by atoms with Gasteiger partial charge in [-0.25, -0.2) is 19.4 Å². The molecule has 0 atom stereocenters. The highest BCUT2D eigenvalue weighted by atomic mass is 19.1. The Morgan fingerprint density at radius 3 is 1.80 bits per heavy atom. The summed E-state index contributed by atoms with van der Waals surface area (Å²) in [5.74, 6) is -1.31. The number of aromatic nitrogens is 2. The van der Waals surface area contributed by atoms with Gasteiger partial charge in [0.15, 0.2) is 23.2 Å². The van der Waals surface area contributed by atoms with Crippen molar-refractivity contribution in [3.63, 3.8) is 0 Å². The predicted octanol–water partition coefficient (Wildman–Crippen LogP) is 4.68. The first-order valence-electron chi connectivity index (χ1n) is 15.8. The van der Waals surface area contributed by atoms with Crippen molar-refractivity contribution >= 4 is 69.3 Å². The third-order valence-corrected chi connectivity index (χ3v) is 8.02. The number of carbonyl (C=O) groups is 2. The molecule has 2 amide bonds. The van der Waals surface area contributed by atoms with Crippen LogP contribution < -0.4 is 10.6 Å². The van der Waals surface area contributed by atoms with Crippen LogP contribution >= 0.6 is 0 Å². The summed E-state index contributed by atoms with van der Waals surface area (Å²) in [5.41, 5.74) is 2.13. The number of morpholine rings is 2. The molecule has 7 rings (SSSR count). The molecular formula is C34H33FN8O6. The summed E-state index contributed by atoms with van der Waals surface area (Å²) in [4.78, 5) is 45.9. The van der Waals surface area contributed by atoms with E-state index in [1.807, 2.05) is 0 Å². The molecule has 0 bridgehead atoms. The molecule has 252 valence electrons. The van der Waals surface area contributed by atoms with Gasteiger partial charge < -0.3 is 28.9 Å². The second-order valence-electron chi connectivity index (χ2n) is 11.4. The van der Waals surface area contributed by atoms with Gasteiger partial charge in [-0.3, -0.25) is 19.4 Å². The molecule has 2 fully saturated rings. The molecule has 2 aromatic carbocycles. The molecule has 0 radical (unpaired) electrons. The molecular weight excluding hydrogens is 635 g/mol. The van der Waals surface area contributed by atoms with Gasteiger partial charge in [-0.15, -0.1) is 0 Å². The van der Waals surface area contributed by atoms with Crippen molar-refractivity contribution in [3.05, 3.63) is 72.1 Å². The first-order valence-corrected chi connectivity index (χ1v) is 15.8. The van der Waals surface area contributed by atoms with Gasteiger partial charge in [0.1, 0.15) is 11.2 Å². The van der Waals surface area contributed by atoms with Crippen molar-refractivity contribution in [3.8, 4) is 0 Å². The van der Waals surface area contributed by atoms with Crippen LogP contribution in [0.4, 0.5) is 27.5 Å².